The molecule has 7 heteroatoms. The number of nitrogens with zero attached hydrogens (tertiary/aromatic N) is 5. The van der Waals surface area contributed by atoms with Crippen LogP contribution in [0.3, 0.4) is 0 Å². The van der Waals surface area contributed by atoms with E-state index in [1.165, 1.54) is 94.2 Å². The topological polar surface area (TPSA) is 64.5 Å². The third-order valence-electron chi connectivity index (χ3n) is 16.3. The molecule has 0 spiro atoms. The fraction of sp³-hybridized carbons (Fsp3) is 0.141. The molecule has 0 fully saturated rings. The lowest BCUT2D eigenvalue weighted by Gasteiger charge is -2.20. The van der Waals surface area contributed by atoms with Crippen LogP contribution in [0, 0.1) is 48.5 Å². The fourth-order valence-electron chi connectivity index (χ4n) is 10.9. The van der Waals surface area contributed by atoms with Gasteiger partial charge < -0.3 is 0 Å². The monoisotopic (exact) mass is 1330 g/mol. The first-order valence-electron chi connectivity index (χ1n) is 34.0. The molecule has 9 aromatic carbocycles. The van der Waals surface area contributed by atoms with Crippen LogP contribution in [0.5, 0.6) is 0 Å². The number of hydrogen-bond acceptors (Lipinski definition) is 5. The highest BCUT2D eigenvalue weighted by Crippen LogP contribution is 2.25. The zero-order valence-corrected chi connectivity index (χ0v) is 62.1. The molecule has 0 amide bonds. The van der Waals surface area contributed by atoms with E-state index in [2.05, 4.69) is 293 Å². The van der Waals surface area contributed by atoms with Gasteiger partial charge in [0.2, 0.25) is 0 Å². The van der Waals surface area contributed by atoms with Gasteiger partial charge in [-0.3, -0.25) is 24.9 Å². The maximum Gasteiger partial charge on any atom is 0.0779 e. The summed E-state index contributed by atoms with van der Waals surface area (Å²) in [6.07, 6.45) is 9.25. The summed E-state index contributed by atoms with van der Waals surface area (Å²) >= 11 is 0. The van der Waals surface area contributed by atoms with E-state index in [-0.39, 0.29) is 0 Å². The third-order valence-corrected chi connectivity index (χ3v) is 20.5. The number of aryl methyl sites for hydroxylation is 7. The summed E-state index contributed by atoms with van der Waals surface area (Å²) < 4.78 is 0. The van der Waals surface area contributed by atoms with Gasteiger partial charge in [-0.2, -0.15) is 0 Å². The molecule has 0 N–H and O–H groups in total. The zero-order valence-electron chi connectivity index (χ0n) is 60.1. The van der Waals surface area contributed by atoms with E-state index in [9.17, 15) is 0 Å². The van der Waals surface area contributed by atoms with Crippen LogP contribution in [-0.2, 0) is 0 Å². The molecule has 0 saturated heterocycles. The van der Waals surface area contributed by atoms with Crippen molar-refractivity contribution in [1.29, 1.82) is 0 Å². The minimum atomic E-state index is -1.24. The van der Waals surface area contributed by atoms with Crippen LogP contribution in [0.2, 0.25) is 39.3 Å². The molecule has 14 rings (SSSR count). The fourth-order valence-corrected chi connectivity index (χ4v) is 14.0. The van der Waals surface area contributed by atoms with Gasteiger partial charge in [-0.15, -0.1) is 0 Å². The van der Waals surface area contributed by atoms with Crippen LogP contribution < -0.4 is 10.4 Å². The van der Waals surface area contributed by atoms with Crippen molar-refractivity contribution >= 4 is 26.5 Å². The Morgan fingerprint density at radius 1 is 0.253 bits per heavy atom. The third kappa shape index (κ3) is 24.0. The summed E-state index contributed by atoms with van der Waals surface area (Å²) in [7, 11) is -2.47. The van der Waals surface area contributed by atoms with Gasteiger partial charge in [-0.05, 0) is 141 Å². The van der Waals surface area contributed by atoms with Crippen molar-refractivity contribution in [3.63, 3.8) is 0 Å². The van der Waals surface area contributed by atoms with Crippen molar-refractivity contribution in [3.05, 3.63) is 379 Å². The SMILES string of the molecule is Cc1cc(-c2ccccc2)cc([Si](C)(C)C)c1.Cc1ccc(-c2ccccc2)cc1[Si](C)(C)C.Cc1ccc(-c2ccccc2)nc1.Cc1cccc(-c2ccccc2)n1.Cc1ccccc1-c1cccnc1.Cc1cccnc1-c1ccccc1.Cc1ccnc(-c2ccccc2)c1. The molecule has 0 aliphatic carbocycles. The average Bonchev–Trinajstić information content (AvgIpc) is 0.899. The lowest BCUT2D eigenvalue weighted by molar-refractivity contribution is 1.21. The van der Waals surface area contributed by atoms with Crippen LogP contribution >= 0.6 is 0 Å². The largest absolute Gasteiger partial charge is 0.264 e. The molecule has 496 valence electrons. The van der Waals surface area contributed by atoms with E-state index >= 15 is 0 Å². The highest BCUT2D eigenvalue weighted by molar-refractivity contribution is 6.89. The Labute approximate surface area is 593 Å². The Morgan fingerprint density at radius 3 is 1.28 bits per heavy atom. The number of hydrogen-bond donors (Lipinski definition) is 0. The van der Waals surface area contributed by atoms with Gasteiger partial charge in [-0.1, -0.05) is 328 Å². The summed E-state index contributed by atoms with van der Waals surface area (Å²) in [5.41, 5.74) is 25.4. The van der Waals surface area contributed by atoms with Crippen molar-refractivity contribution in [2.24, 2.45) is 0 Å². The van der Waals surface area contributed by atoms with Crippen molar-refractivity contribution in [2.75, 3.05) is 0 Å². The maximum atomic E-state index is 4.44. The van der Waals surface area contributed by atoms with Gasteiger partial charge in [-0.25, -0.2) is 0 Å². The molecule has 5 heterocycles. The van der Waals surface area contributed by atoms with Crippen LogP contribution in [-0.4, -0.2) is 41.1 Å². The van der Waals surface area contributed by atoms with E-state index in [4.69, 9.17) is 0 Å². The van der Waals surface area contributed by atoms with Crippen molar-refractivity contribution in [2.45, 2.75) is 87.7 Å². The number of rotatable bonds is 9. The average molecular weight is 1330 g/mol. The molecule has 0 saturated carbocycles. The maximum absolute atomic E-state index is 4.44. The second-order valence-electron chi connectivity index (χ2n) is 26.6. The summed E-state index contributed by atoms with van der Waals surface area (Å²) in [6, 6.07) is 107. The second-order valence-corrected chi connectivity index (χ2v) is 36.8. The summed E-state index contributed by atoms with van der Waals surface area (Å²) in [4.78, 5) is 21.6. The highest BCUT2D eigenvalue weighted by Gasteiger charge is 2.20. The van der Waals surface area contributed by atoms with E-state index in [1.807, 2.05) is 154 Å². The van der Waals surface area contributed by atoms with E-state index in [0.717, 1.165) is 28.5 Å². The Kier molecular flexibility index (Phi) is 28.1. The van der Waals surface area contributed by atoms with E-state index in [0.29, 0.717) is 0 Å². The molecule has 0 bridgehead atoms. The Bertz CT molecular complexity index is 4490. The second kappa shape index (κ2) is 37.6. The minimum Gasteiger partial charge on any atom is -0.264 e. The van der Waals surface area contributed by atoms with E-state index < -0.39 is 16.1 Å². The standard InChI is InChI=1S/2C16H20Si.5C12H11N/c1-13-10-15(14-8-6-5-7-9-14)12-16(11-13)17(2,3)4;1-13-10-11-15(12-16(13)17(2,3)4)14-8-6-5-7-9-14;1-10-5-2-3-7-12(10)11-6-4-8-13-9-11;1-10-6-5-9-13-12(10)11-7-3-2-4-8-11;1-10-6-5-9-12(13-10)11-7-3-2-4-8-11;1-10-7-8-13-12(9-10)11-5-3-2-4-6-11;1-10-7-8-12(13-9-10)11-5-3-2-4-6-11/h2*5-12H,1-4H3;5*2-9H,1H3. The first-order valence-corrected chi connectivity index (χ1v) is 41.0. The molecule has 0 radical (unpaired) electrons. The number of benzene rings is 9. The number of pyridine rings is 5. The molecule has 0 unspecified atom stereocenters. The van der Waals surface area contributed by atoms with Crippen LogP contribution in [0.4, 0.5) is 0 Å². The first-order chi connectivity index (χ1) is 47.8. The Balaban J connectivity index is 0.000000148. The van der Waals surface area contributed by atoms with Gasteiger partial charge >= 0.3 is 0 Å². The predicted octanol–water partition coefficient (Wildman–Crippen LogP) is 23.7. The minimum absolute atomic E-state index is 1.03. The Hall–Kier alpha value is -10.8. The van der Waals surface area contributed by atoms with Gasteiger partial charge in [0.1, 0.15) is 0 Å². The summed E-state index contributed by atoms with van der Waals surface area (Å²) in [5, 5.41) is 3.11. The van der Waals surface area contributed by atoms with Crippen LogP contribution in [0.25, 0.3) is 78.4 Å². The zero-order chi connectivity index (χ0) is 70.4. The smallest absolute Gasteiger partial charge is 0.0779 e. The molecular weight excluding hydrogens is 1230 g/mol. The molecular formula is C92H95N5Si2. The van der Waals surface area contributed by atoms with Crippen molar-refractivity contribution < 1.29 is 0 Å². The lowest BCUT2D eigenvalue weighted by Crippen LogP contribution is -2.39. The molecule has 5 aromatic heterocycles. The summed E-state index contributed by atoms with van der Waals surface area (Å²) in [6.45, 7) is 29.2. The van der Waals surface area contributed by atoms with Crippen molar-refractivity contribution in [1.82, 2.24) is 24.9 Å². The van der Waals surface area contributed by atoms with E-state index in [1.54, 1.807) is 11.4 Å². The lowest BCUT2D eigenvalue weighted by atomic mass is 10.0. The quantitative estimate of drug-likeness (QED) is 0.135. The van der Waals surface area contributed by atoms with Crippen LogP contribution in [0.1, 0.15) is 39.1 Å². The molecule has 0 aliphatic rings. The normalized spacial score (nSPS) is 10.5. The van der Waals surface area contributed by atoms with Gasteiger partial charge in [0.15, 0.2) is 0 Å². The molecule has 99 heavy (non-hydrogen) atoms. The Morgan fingerprint density at radius 2 is 0.768 bits per heavy atom. The van der Waals surface area contributed by atoms with Gasteiger partial charge in [0, 0.05) is 64.5 Å². The molecule has 5 nitrogen and oxygen atoms in total. The van der Waals surface area contributed by atoms with Gasteiger partial charge in [0.05, 0.1) is 38.9 Å². The number of aromatic nitrogens is 5. The first kappa shape index (κ1) is 74.0. The van der Waals surface area contributed by atoms with Crippen molar-refractivity contribution in [3.8, 4) is 78.4 Å². The summed E-state index contributed by atoms with van der Waals surface area (Å²) in [5.74, 6) is 0. The predicted molar refractivity (Wildman–Crippen MR) is 431 cm³/mol. The van der Waals surface area contributed by atoms with Gasteiger partial charge in [0.25, 0.3) is 0 Å². The molecule has 0 aliphatic heterocycles. The molecule has 14 aromatic rings. The van der Waals surface area contributed by atoms with Crippen LogP contribution in [0.15, 0.2) is 340 Å². The highest BCUT2D eigenvalue weighted by atomic mass is 28.3. The molecule has 0 atom stereocenters.